The zero-order chi connectivity index (χ0) is 15.5. The molecule has 0 aromatic rings. The van der Waals surface area contributed by atoms with E-state index in [0.717, 1.165) is 13.1 Å². The average molecular weight is 298 g/mol. The van der Waals surface area contributed by atoms with Crippen molar-refractivity contribution in [3.8, 4) is 0 Å². The van der Waals surface area contributed by atoms with Gasteiger partial charge in [-0.2, -0.15) is 0 Å². The maximum atomic E-state index is 12.9. The molecule has 0 aromatic heterocycles. The summed E-state index contributed by atoms with van der Waals surface area (Å²) in [6.07, 6.45) is 0.957. The molecule has 0 atom stereocenters. The topological polar surface area (TPSA) is 91.4 Å². The first-order valence-electron chi connectivity index (χ1n) is 7.60. The van der Waals surface area contributed by atoms with Gasteiger partial charge in [0.2, 0.25) is 5.91 Å². The van der Waals surface area contributed by atoms with E-state index in [2.05, 4.69) is 23.9 Å². The number of amides is 1. The number of amidine groups is 1. The lowest BCUT2D eigenvalue weighted by atomic mass is 9.77. The zero-order valence-corrected chi connectivity index (χ0v) is 12.9. The summed E-state index contributed by atoms with van der Waals surface area (Å²) in [5, 5.41) is 12.2. The van der Waals surface area contributed by atoms with Gasteiger partial charge in [-0.15, -0.1) is 0 Å². The first kappa shape index (κ1) is 16.0. The molecule has 0 radical (unpaired) electrons. The van der Waals surface area contributed by atoms with Crippen LogP contribution in [0.2, 0.25) is 0 Å². The number of carbonyl (C=O) groups is 1. The Bertz CT molecular complexity index is 397. The van der Waals surface area contributed by atoms with E-state index in [1.165, 1.54) is 0 Å². The van der Waals surface area contributed by atoms with Gasteiger partial charge in [-0.3, -0.25) is 9.69 Å². The quantitative estimate of drug-likeness (QED) is 0.333. The predicted octanol–water partition coefficient (Wildman–Crippen LogP) is 0.0822. The molecule has 0 aliphatic carbocycles. The fourth-order valence-corrected chi connectivity index (χ4v) is 3.14. The SMILES string of the molecule is CC(C)N1CCN(C(=O)C2(C(N)=NO)CCOCC2)CC1. The monoisotopic (exact) mass is 298 g/mol. The van der Waals surface area contributed by atoms with Crippen LogP contribution in [0.15, 0.2) is 5.16 Å². The van der Waals surface area contributed by atoms with E-state index in [9.17, 15) is 4.79 Å². The summed E-state index contributed by atoms with van der Waals surface area (Å²) in [5.74, 6) is -0.00778. The molecular weight excluding hydrogens is 272 g/mol. The van der Waals surface area contributed by atoms with E-state index in [1.54, 1.807) is 0 Å². The summed E-state index contributed by atoms with van der Waals surface area (Å²) in [7, 11) is 0. The van der Waals surface area contributed by atoms with Crippen LogP contribution in [-0.4, -0.2) is 72.2 Å². The van der Waals surface area contributed by atoms with E-state index >= 15 is 0 Å². The minimum atomic E-state index is -0.896. The molecule has 2 fully saturated rings. The number of carbonyl (C=O) groups excluding carboxylic acids is 1. The Morgan fingerprint density at radius 3 is 2.29 bits per heavy atom. The molecule has 1 amide bonds. The Kier molecular flexibility index (Phi) is 5.05. The Morgan fingerprint density at radius 2 is 1.81 bits per heavy atom. The number of nitrogens with zero attached hydrogens (tertiary/aromatic N) is 3. The van der Waals surface area contributed by atoms with Crippen LogP contribution < -0.4 is 5.73 Å². The molecule has 0 spiro atoms. The smallest absolute Gasteiger partial charge is 0.236 e. The molecule has 2 heterocycles. The molecule has 0 saturated carbocycles. The van der Waals surface area contributed by atoms with Gasteiger partial charge in [0.15, 0.2) is 5.84 Å². The Morgan fingerprint density at radius 1 is 1.24 bits per heavy atom. The Balaban J connectivity index is 2.09. The highest BCUT2D eigenvalue weighted by Crippen LogP contribution is 2.33. The number of hydrogen-bond acceptors (Lipinski definition) is 5. The summed E-state index contributed by atoms with van der Waals surface area (Å²) in [5.41, 5.74) is 4.96. The molecule has 3 N–H and O–H groups in total. The number of nitrogens with two attached hydrogens (primary N) is 1. The molecule has 7 nitrogen and oxygen atoms in total. The van der Waals surface area contributed by atoms with Gasteiger partial charge in [0.1, 0.15) is 5.41 Å². The molecule has 2 saturated heterocycles. The Hall–Kier alpha value is -1.34. The minimum Gasteiger partial charge on any atom is -0.409 e. The maximum Gasteiger partial charge on any atom is 0.236 e. The second-order valence-electron chi connectivity index (χ2n) is 6.10. The molecule has 7 heteroatoms. The largest absolute Gasteiger partial charge is 0.409 e. The van der Waals surface area contributed by atoms with Crippen molar-refractivity contribution in [2.75, 3.05) is 39.4 Å². The van der Waals surface area contributed by atoms with Crippen molar-refractivity contribution in [1.29, 1.82) is 0 Å². The lowest BCUT2D eigenvalue weighted by Crippen LogP contribution is -2.58. The van der Waals surface area contributed by atoms with Gasteiger partial charge < -0.3 is 20.6 Å². The molecular formula is C14H26N4O3. The predicted molar refractivity (Wildman–Crippen MR) is 79.2 cm³/mol. The first-order valence-corrected chi connectivity index (χ1v) is 7.60. The van der Waals surface area contributed by atoms with Crippen molar-refractivity contribution in [3.63, 3.8) is 0 Å². The van der Waals surface area contributed by atoms with Gasteiger partial charge in [0.25, 0.3) is 0 Å². The van der Waals surface area contributed by atoms with Gasteiger partial charge in [-0.1, -0.05) is 5.16 Å². The highest BCUT2D eigenvalue weighted by molar-refractivity contribution is 6.06. The van der Waals surface area contributed by atoms with Gasteiger partial charge in [0, 0.05) is 45.4 Å². The number of oxime groups is 1. The van der Waals surface area contributed by atoms with Crippen molar-refractivity contribution in [3.05, 3.63) is 0 Å². The van der Waals surface area contributed by atoms with Crippen LogP contribution >= 0.6 is 0 Å². The maximum absolute atomic E-state index is 12.9. The molecule has 120 valence electrons. The molecule has 0 unspecified atom stereocenters. The van der Waals surface area contributed by atoms with Crippen LogP contribution in [0.1, 0.15) is 26.7 Å². The third-order valence-electron chi connectivity index (χ3n) is 4.69. The van der Waals surface area contributed by atoms with Gasteiger partial charge >= 0.3 is 0 Å². The van der Waals surface area contributed by atoms with Crippen LogP contribution in [0, 0.1) is 5.41 Å². The molecule has 21 heavy (non-hydrogen) atoms. The molecule has 0 bridgehead atoms. The van der Waals surface area contributed by atoms with Crippen molar-refractivity contribution < 1.29 is 14.7 Å². The van der Waals surface area contributed by atoms with Crippen molar-refractivity contribution >= 4 is 11.7 Å². The summed E-state index contributed by atoms with van der Waals surface area (Å²) >= 11 is 0. The van der Waals surface area contributed by atoms with Crippen LogP contribution in [0.5, 0.6) is 0 Å². The van der Waals surface area contributed by atoms with Gasteiger partial charge in [0.05, 0.1) is 0 Å². The van der Waals surface area contributed by atoms with Crippen LogP contribution in [-0.2, 0) is 9.53 Å². The summed E-state index contributed by atoms with van der Waals surface area (Å²) < 4.78 is 5.33. The summed E-state index contributed by atoms with van der Waals surface area (Å²) in [6.45, 7) is 8.37. The van der Waals surface area contributed by atoms with Crippen molar-refractivity contribution in [2.24, 2.45) is 16.3 Å². The average Bonchev–Trinajstić information content (AvgIpc) is 2.54. The van der Waals surface area contributed by atoms with Crippen LogP contribution in [0.3, 0.4) is 0 Å². The van der Waals surface area contributed by atoms with Crippen LogP contribution in [0.25, 0.3) is 0 Å². The summed E-state index contributed by atoms with van der Waals surface area (Å²) in [6, 6.07) is 0.489. The van der Waals surface area contributed by atoms with Crippen molar-refractivity contribution in [1.82, 2.24) is 9.80 Å². The molecule has 2 aliphatic heterocycles. The molecule has 2 rings (SSSR count). The molecule has 0 aromatic carbocycles. The fraction of sp³-hybridized carbons (Fsp3) is 0.857. The lowest BCUT2D eigenvalue weighted by Gasteiger charge is -2.42. The zero-order valence-electron chi connectivity index (χ0n) is 12.9. The van der Waals surface area contributed by atoms with E-state index in [-0.39, 0.29) is 11.7 Å². The number of rotatable bonds is 3. The van der Waals surface area contributed by atoms with Gasteiger partial charge in [-0.25, -0.2) is 0 Å². The third kappa shape index (κ3) is 3.13. The fourth-order valence-electron chi connectivity index (χ4n) is 3.14. The second-order valence-corrected chi connectivity index (χ2v) is 6.10. The number of piperazine rings is 1. The normalized spacial score (nSPS) is 24.3. The van der Waals surface area contributed by atoms with Crippen molar-refractivity contribution in [2.45, 2.75) is 32.7 Å². The minimum absolute atomic E-state index is 0.0158. The lowest BCUT2D eigenvalue weighted by molar-refractivity contribution is -0.144. The first-order chi connectivity index (χ1) is 10.0. The highest BCUT2D eigenvalue weighted by Gasteiger charge is 2.47. The number of hydrogen-bond donors (Lipinski definition) is 2. The number of ether oxygens (including phenoxy) is 1. The van der Waals surface area contributed by atoms with E-state index in [0.29, 0.717) is 45.2 Å². The summed E-state index contributed by atoms with van der Waals surface area (Å²) in [4.78, 5) is 17.1. The van der Waals surface area contributed by atoms with Crippen LogP contribution in [0.4, 0.5) is 0 Å². The van der Waals surface area contributed by atoms with E-state index in [4.69, 9.17) is 15.7 Å². The standard InChI is InChI=1S/C14H26N4O3/c1-11(2)17-5-7-18(8-6-17)13(19)14(12(15)16-20)3-9-21-10-4-14/h11,20H,3-10H2,1-2H3,(H2,15,16). The molecule has 2 aliphatic rings. The highest BCUT2D eigenvalue weighted by atomic mass is 16.5. The van der Waals surface area contributed by atoms with E-state index < -0.39 is 5.41 Å². The second kappa shape index (κ2) is 6.62. The Labute approximate surface area is 125 Å². The third-order valence-corrected chi connectivity index (χ3v) is 4.69. The van der Waals surface area contributed by atoms with Gasteiger partial charge in [-0.05, 0) is 26.7 Å². The van der Waals surface area contributed by atoms with E-state index in [1.807, 2.05) is 4.90 Å².